The van der Waals surface area contributed by atoms with E-state index in [1.165, 1.54) is 23.5 Å². The Bertz CT molecular complexity index is 746. The van der Waals surface area contributed by atoms with Crippen molar-refractivity contribution in [2.45, 2.75) is 32.7 Å². The lowest BCUT2D eigenvalue weighted by Gasteiger charge is -2.39. The van der Waals surface area contributed by atoms with Crippen LogP contribution in [0.4, 0.5) is 4.39 Å². The number of aryl methyl sites for hydroxylation is 1. The van der Waals surface area contributed by atoms with Gasteiger partial charge < -0.3 is 10.6 Å². The van der Waals surface area contributed by atoms with Crippen LogP contribution in [0.3, 0.4) is 0 Å². The van der Waals surface area contributed by atoms with Gasteiger partial charge in [-0.1, -0.05) is 19.1 Å². The number of hydrogen-bond acceptors (Lipinski definition) is 4. The van der Waals surface area contributed by atoms with Gasteiger partial charge in [0.15, 0.2) is 0 Å². The average molecular weight is 347 g/mol. The highest BCUT2D eigenvalue weighted by molar-refractivity contribution is 7.15. The molecule has 2 aromatic rings. The number of likely N-dealkylation sites (tertiary alicyclic amines) is 1. The van der Waals surface area contributed by atoms with Gasteiger partial charge >= 0.3 is 0 Å². The molecule has 1 fully saturated rings. The number of carbonyl (C=O) groups is 1. The highest BCUT2D eigenvalue weighted by Crippen LogP contribution is 2.33. The summed E-state index contributed by atoms with van der Waals surface area (Å²) in [5, 5.41) is 0.798. The molecule has 2 atom stereocenters. The lowest BCUT2D eigenvalue weighted by molar-refractivity contribution is 0.0528. The van der Waals surface area contributed by atoms with Gasteiger partial charge in [0.05, 0.1) is 9.88 Å². The predicted molar refractivity (Wildman–Crippen MR) is 94.5 cm³/mol. The third-order valence-electron chi connectivity index (χ3n) is 4.64. The van der Waals surface area contributed by atoms with E-state index in [0.29, 0.717) is 30.3 Å². The van der Waals surface area contributed by atoms with Gasteiger partial charge in [-0.15, -0.1) is 11.3 Å². The first kappa shape index (κ1) is 17.0. The Morgan fingerprint density at radius 2 is 2.29 bits per heavy atom. The molecule has 6 heteroatoms. The number of amides is 1. The van der Waals surface area contributed by atoms with E-state index < -0.39 is 0 Å². The number of halogens is 1. The van der Waals surface area contributed by atoms with Crippen LogP contribution in [0, 0.1) is 18.7 Å². The third kappa shape index (κ3) is 3.21. The summed E-state index contributed by atoms with van der Waals surface area (Å²) in [5.41, 5.74) is 7.02. The number of thiazole rings is 1. The maximum atomic E-state index is 13.6. The summed E-state index contributed by atoms with van der Waals surface area (Å²) >= 11 is 1.42. The number of piperidine rings is 1. The fourth-order valence-corrected chi connectivity index (χ4v) is 4.30. The van der Waals surface area contributed by atoms with Crippen LogP contribution in [0.25, 0.3) is 10.4 Å². The number of carbonyl (C=O) groups excluding carboxylic acids is 1. The Balaban J connectivity index is 1.99. The second-order valence-corrected chi connectivity index (χ2v) is 7.55. The quantitative estimate of drug-likeness (QED) is 0.925. The second-order valence-electron chi connectivity index (χ2n) is 6.34. The summed E-state index contributed by atoms with van der Waals surface area (Å²) in [5.74, 6) is -0.0333. The van der Waals surface area contributed by atoms with Gasteiger partial charge in [0, 0.05) is 19.1 Å². The van der Waals surface area contributed by atoms with E-state index in [2.05, 4.69) is 11.9 Å². The maximum absolute atomic E-state index is 13.6. The molecule has 4 nitrogen and oxygen atoms in total. The summed E-state index contributed by atoms with van der Waals surface area (Å²) in [6.07, 6.45) is 2.06. The monoisotopic (exact) mass is 347 g/mol. The topological polar surface area (TPSA) is 59.2 Å². The van der Waals surface area contributed by atoms with Gasteiger partial charge in [0.25, 0.3) is 5.91 Å². The molecule has 1 amide bonds. The zero-order chi connectivity index (χ0) is 17.3. The van der Waals surface area contributed by atoms with E-state index in [1.54, 1.807) is 6.07 Å². The molecule has 0 radical (unpaired) electrons. The van der Waals surface area contributed by atoms with Crippen LogP contribution in [0.1, 0.15) is 35.3 Å². The van der Waals surface area contributed by atoms with Crippen molar-refractivity contribution >= 4 is 17.2 Å². The van der Waals surface area contributed by atoms with Crippen molar-refractivity contribution in [1.82, 2.24) is 9.88 Å². The minimum atomic E-state index is -0.316. The third-order valence-corrected chi connectivity index (χ3v) is 5.66. The summed E-state index contributed by atoms with van der Waals surface area (Å²) in [6, 6.07) is 6.35. The SMILES string of the molecule is Cc1nc(C(=O)N2CCC[C@@H](C)[C@H]2CN)c(-c2cccc(F)c2)s1. The molecule has 1 aliphatic heterocycles. The van der Waals surface area contributed by atoms with E-state index >= 15 is 0 Å². The van der Waals surface area contributed by atoms with Gasteiger partial charge in [-0.2, -0.15) is 0 Å². The molecule has 2 heterocycles. The zero-order valence-electron chi connectivity index (χ0n) is 14.0. The van der Waals surface area contributed by atoms with Crippen LogP contribution >= 0.6 is 11.3 Å². The largest absolute Gasteiger partial charge is 0.333 e. The lowest BCUT2D eigenvalue weighted by atomic mass is 9.90. The van der Waals surface area contributed by atoms with E-state index in [9.17, 15) is 9.18 Å². The molecule has 0 spiro atoms. The maximum Gasteiger partial charge on any atom is 0.274 e. The first-order valence-electron chi connectivity index (χ1n) is 8.25. The molecule has 24 heavy (non-hydrogen) atoms. The fourth-order valence-electron chi connectivity index (χ4n) is 3.39. The van der Waals surface area contributed by atoms with Crippen LogP contribution in [0.15, 0.2) is 24.3 Å². The van der Waals surface area contributed by atoms with Gasteiger partial charge in [0.2, 0.25) is 0 Å². The van der Waals surface area contributed by atoms with Gasteiger partial charge in [-0.05, 0) is 43.4 Å². The average Bonchev–Trinajstić information content (AvgIpc) is 2.96. The molecule has 1 aromatic carbocycles. The van der Waals surface area contributed by atoms with E-state index in [0.717, 1.165) is 22.7 Å². The molecule has 3 rings (SSSR count). The Morgan fingerprint density at radius 3 is 3.00 bits per heavy atom. The zero-order valence-corrected chi connectivity index (χ0v) is 14.8. The molecule has 0 bridgehead atoms. The van der Waals surface area contributed by atoms with Crippen molar-refractivity contribution < 1.29 is 9.18 Å². The highest BCUT2D eigenvalue weighted by Gasteiger charge is 2.33. The predicted octanol–water partition coefficient (Wildman–Crippen LogP) is 3.46. The summed E-state index contributed by atoms with van der Waals surface area (Å²) in [4.78, 5) is 20.2. The number of rotatable bonds is 3. The van der Waals surface area contributed by atoms with Crippen molar-refractivity contribution in [3.05, 3.63) is 40.8 Å². The number of benzene rings is 1. The summed E-state index contributed by atoms with van der Waals surface area (Å²) in [7, 11) is 0. The van der Waals surface area contributed by atoms with Crippen molar-refractivity contribution in [2.24, 2.45) is 11.7 Å². The Hall–Kier alpha value is -1.79. The van der Waals surface area contributed by atoms with E-state index in [1.807, 2.05) is 17.9 Å². The van der Waals surface area contributed by atoms with Gasteiger partial charge in [-0.3, -0.25) is 4.79 Å². The molecule has 1 aromatic heterocycles. The van der Waals surface area contributed by atoms with Crippen molar-refractivity contribution in [3.63, 3.8) is 0 Å². The number of nitrogens with two attached hydrogens (primary N) is 1. The van der Waals surface area contributed by atoms with Crippen molar-refractivity contribution in [2.75, 3.05) is 13.1 Å². The molecule has 0 saturated carbocycles. The van der Waals surface area contributed by atoms with Crippen molar-refractivity contribution in [3.8, 4) is 10.4 Å². The number of hydrogen-bond donors (Lipinski definition) is 1. The van der Waals surface area contributed by atoms with Crippen LogP contribution in [-0.4, -0.2) is 34.9 Å². The minimum Gasteiger partial charge on any atom is -0.333 e. The van der Waals surface area contributed by atoms with Crippen LogP contribution in [-0.2, 0) is 0 Å². The van der Waals surface area contributed by atoms with Crippen LogP contribution < -0.4 is 5.73 Å². The molecule has 128 valence electrons. The highest BCUT2D eigenvalue weighted by atomic mass is 32.1. The van der Waals surface area contributed by atoms with Gasteiger partial charge in [0.1, 0.15) is 11.5 Å². The summed E-state index contributed by atoms with van der Waals surface area (Å²) in [6.45, 7) is 5.15. The standard InChI is InChI=1S/C18H22FN3OS/c1-11-5-4-8-22(15(11)10-20)18(23)16-17(24-12(2)21-16)13-6-3-7-14(19)9-13/h3,6-7,9,11,15H,4-5,8,10,20H2,1-2H3/t11-,15-/m1/s1. The van der Waals surface area contributed by atoms with Crippen LogP contribution in [0.5, 0.6) is 0 Å². The van der Waals surface area contributed by atoms with E-state index in [4.69, 9.17) is 5.73 Å². The Labute approximate surface area is 145 Å². The van der Waals surface area contributed by atoms with Crippen molar-refractivity contribution in [1.29, 1.82) is 0 Å². The second kappa shape index (κ2) is 6.99. The molecular formula is C18H22FN3OS. The lowest BCUT2D eigenvalue weighted by Crippen LogP contribution is -2.51. The van der Waals surface area contributed by atoms with Gasteiger partial charge in [-0.25, -0.2) is 9.37 Å². The number of aromatic nitrogens is 1. The molecule has 1 aliphatic rings. The summed E-state index contributed by atoms with van der Waals surface area (Å²) < 4.78 is 13.6. The minimum absolute atomic E-state index is 0.0358. The Kier molecular flexibility index (Phi) is 4.96. The molecule has 1 saturated heterocycles. The number of nitrogens with zero attached hydrogens (tertiary/aromatic N) is 2. The first-order valence-corrected chi connectivity index (χ1v) is 9.07. The molecular weight excluding hydrogens is 325 g/mol. The smallest absolute Gasteiger partial charge is 0.274 e. The molecule has 0 aliphatic carbocycles. The first-order chi connectivity index (χ1) is 11.5. The molecule has 0 unspecified atom stereocenters. The van der Waals surface area contributed by atoms with E-state index in [-0.39, 0.29) is 17.8 Å². The normalized spacial score (nSPS) is 21.1. The molecule has 2 N–H and O–H groups in total. The van der Waals surface area contributed by atoms with Crippen LogP contribution in [0.2, 0.25) is 0 Å². The Morgan fingerprint density at radius 1 is 1.50 bits per heavy atom. The fraction of sp³-hybridized carbons (Fsp3) is 0.444.